The third-order valence-electron chi connectivity index (χ3n) is 5.66. The molecule has 1 aliphatic heterocycles. The summed E-state index contributed by atoms with van der Waals surface area (Å²) in [6.45, 7) is 0. The van der Waals surface area contributed by atoms with E-state index in [9.17, 15) is 14.9 Å². The average Bonchev–Trinajstić information content (AvgIpc) is 3.42. The summed E-state index contributed by atoms with van der Waals surface area (Å²) in [4.78, 5) is 24.2. The second-order valence-electron chi connectivity index (χ2n) is 7.52. The maximum atomic E-state index is 13.7. The molecule has 4 nitrogen and oxygen atoms in total. The number of fused-ring (bicyclic) bond motifs is 2. The van der Waals surface area contributed by atoms with Crippen LogP contribution in [0.4, 0.5) is 5.69 Å². The molecule has 0 atom stereocenters. The zero-order valence-electron chi connectivity index (χ0n) is 17.1. The Bertz CT molecular complexity index is 1260. The molecule has 3 aromatic rings. The number of nitro groups is 1. The van der Waals surface area contributed by atoms with E-state index in [1.54, 1.807) is 24.3 Å². The van der Waals surface area contributed by atoms with Gasteiger partial charge < -0.3 is 0 Å². The number of hydrogen-bond donors (Lipinski definition) is 0. The zero-order chi connectivity index (χ0) is 22.1. The van der Waals surface area contributed by atoms with Gasteiger partial charge in [0.2, 0.25) is 0 Å². The van der Waals surface area contributed by atoms with Crippen molar-refractivity contribution in [2.24, 2.45) is 0 Å². The Balaban J connectivity index is 1.61. The summed E-state index contributed by atoms with van der Waals surface area (Å²) in [5.41, 5.74) is 5.95. The van der Waals surface area contributed by atoms with Crippen LogP contribution in [0.25, 0.3) is 11.6 Å². The summed E-state index contributed by atoms with van der Waals surface area (Å²) in [5, 5.41) is 10.9. The van der Waals surface area contributed by atoms with E-state index in [1.807, 2.05) is 53.9 Å². The van der Waals surface area contributed by atoms with Crippen LogP contribution in [-0.2, 0) is 8.87 Å². The second kappa shape index (κ2) is 8.45. The molecule has 0 N–H and O–H groups in total. The summed E-state index contributed by atoms with van der Waals surface area (Å²) in [5.74, 6) is 1.95. The van der Waals surface area contributed by atoms with Crippen LogP contribution in [0.2, 0.25) is 0 Å². The van der Waals surface area contributed by atoms with Gasteiger partial charge in [0.15, 0.2) is 5.78 Å². The van der Waals surface area contributed by atoms with Crippen LogP contribution in [0.15, 0.2) is 90.5 Å². The largest absolute Gasteiger partial charge is 0.290 e. The van der Waals surface area contributed by atoms with Crippen molar-refractivity contribution in [1.29, 1.82) is 0 Å². The summed E-state index contributed by atoms with van der Waals surface area (Å²) >= 11 is 3.66. The van der Waals surface area contributed by atoms with Crippen molar-refractivity contribution in [3.05, 3.63) is 123 Å². The van der Waals surface area contributed by atoms with E-state index in [0.717, 1.165) is 39.3 Å². The molecule has 1 saturated heterocycles. The van der Waals surface area contributed by atoms with Gasteiger partial charge in [-0.1, -0.05) is 60.7 Å². The summed E-state index contributed by atoms with van der Waals surface area (Å²) in [6.07, 6.45) is 3.34. The van der Waals surface area contributed by atoms with Crippen LogP contribution in [0.3, 0.4) is 0 Å². The fourth-order valence-corrected chi connectivity index (χ4v) is 7.72. The van der Waals surface area contributed by atoms with E-state index in [1.165, 1.54) is 17.7 Å². The van der Waals surface area contributed by atoms with Crippen molar-refractivity contribution >= 4 is 46.6 Å². The number of nitrogens with zero attached hydrogens (tertiary/aromatic N) is 1. The van der Waals surface area contributed by atoms with Gasteiger partial charge >= 0.3 is 0 Å². The number of nitro benzene ring substituents is 1. The molecule has 6 heteroatoms. The molecule has 5 rings (SSSR count). The quantitative estimate of drug-likeness (QED) is 0.255. The van der Waals surface area contributed by atoms with Gasteiger partial charge in [-0.05, 0) is 46.0 Å². The molecular formula is C26H19NO3S2. The van der Waals surface area contributed by atoms with Crippen LogP contribution < -0.4 is 0 Å². The minimum absolute atomic E-state index is 0.0275. The topological polar surface area (TPSA) is 60.2 Å². The third kappa shape index (κ3) is 3.49. The van der Waals surface area contributed by atoms with Crippen LogP contribution in [0.1, 0.15) is 22.3 Å². The fourth-order valence-electron chi connectivity index (χ4n) is 4.29. The molecule has 1 fully saturated rings. The molecule has 32 heavy (non-hydrogen) atoms. The maximum absolute atomic E-state index is 13.7. The van der Waals surface area contributed by atoms with Crippen molar-refractivity contribution in [2.75, 3.05) is 11.5 Å². The molecular weight excluding hydrogens is 438 g/mol. The molecule has 3 aromatic carbocycles. The minimum atomic E-state index is -0.427. The first kappa shape index (κ1) is 20.8. The Hall–Kier alpha value is -3.09. The normalized spacial score (nSPS) is 16.6. The van der Waals surface area contributed by atoms with Gasteiger partial charge in [-0.2, -0.15) is 0 Å². The monoisotopic (exact) mass is 457 g/mol. The summed E-state index contributed by atoms with van der Waals surface area (Å²) in [6, 6.07) is 24.6. The lowest BCUT2D eigenvalue weighted by atomic mass is 9.96. The molecule has 0 unspecified atom stereocenters. The van der Waals surface area contributed by atoms with E-state index >= 15 is 0 Å². The summed E-state index contributed by atoms with van der Waals surface area (Å²) < 4.78 is -0.404. The number of allylic oxidation sites excluding steroid dienone is 1. The highest BCUT2D eigenvalue weighted by Crippen LogP contribution is 2.64. The number of carbonyl (C=O) groups excluding carboxylic acids is 1. The molecule has 0 radical (unpaired) electrons. The standard InChI is InChI=1S/C26H19NO3S2/c28-23(15-12-18-10-13-20(14-11-18)27(29)30)25-24(19-6-2-1-3-7-19)21-8-4-5-9-22(21)26(25)31-16-17-32-26/h1-15H,16-17H2/b15-12+. The zero-order valence-corrected chi connectivity index (χ0v) is 18.7. The highest BCUT2D eigenvalue weighted by molar-refractivity contribution is 8.21. The van der Waals surface area contributed by atoms with Crippen LogP contribution in [0, 0.1) is 10.1 Å². The van der Waals surface area contributed by atoms with Gasteiger partial charge in [0.05, 0.1) is 4.92 Å². The second-order valence-corrected chi connectivity index (χ2v) is 10.4. The Morgan fingerprint density at radius 2 is 1.56 bits per heavy atom. The molecule has 1 spiro atoms. The lowest BCUT2D eigenvalue weighted by Crippen LogP contribution is -2.20. The first-order valence-corrected chi connectivity index (χ1v) is 12.2. The predicted octanol–water partition coefficient (Wildman–Crippen LogP) is 6.33. The number of rotatable bonds is 5. The SMILES string of the molecule is O=C(/C=C/c1ccc([N+](=O)[O-])cc1)C1=C(c2ccccc2)c2ccccc2C12SCCS2. The predicted molar refractivity (Wildman–Crippen MR) is 133 cm³/mol. The highest BCUT2D eigenvalue weighted by Gasteiger charge is 2.50. The van der Waals surface area contributed by atoms with Crippen LogP contribution in [-0.4, -0.2) is 22.2 Å². The van der Waals surface area contributed by atoms with Crippen molar-refractivity contribution in [1.82, 2.24) is 0 Å². The molecule has 0 amide bonds. The molecule has 1 heterocycles. The van der Waals surface area contributed by atoms with Gasteiger partial charge in [-0.3, -0.25) is 14.9 Å². The fraction of sp³-hybridized carbons (Fsp3) is 0.115. The Morgan fingerprint density at radius 1 is 0.906 bits per heavy atom. The number of thioether (sulfide) groups is 2. The Morgan fingerprint density at radius 3 is 2.25 bits per heavy atom. The van der Waals surface area contributed by atoms with E-state index in [4.69, 9.17) is 0 Å². The number of non-ortho nitro benzene ring substituents is 1. The summed E-state index contributed by atoms with van der Waals surface area (Å²) in [7, 11) is 0. The van der Waals surface area contributed by atoms with Gasteiger partial charge in [0.1, 0.15) is 4.08 Å². The van der Waals surface area contributed by atoms with Gasteiger partial charge in [-0.25, -0.2) is 0 Å². The molecule has 1 aliphatic carbocycles. The molecule has 0 saturated carbocycles. The molecule has 0 bridgehead atoms. The number of ketones is 1. The van der Waals surface area contributed by atoms with Crippen molar-refractivity contribution in [2.45, 2.75) is 4.08 Å². The number of benzene rings is 3. The van der Waals surface area contributed by atoms with Gasteiger partial charge in [-0.15, -0.1) is 23.5 Å². The first-order chi connectivity index (χ1) is 15.6. The molecule has 158 valence electrons. The maximum Gasteiger partial charge on any atom is 0.269 e. The highest BCUT2D eigenvalue weighted by atomic mass is 32.2. The van der Waals surface area contributed by atoms with E-state index in [2.05, 4.69) is 24.3 Å². The lowest BCUT2D eigenvalue weighted by molar-refractivity contribution is -0.384. The molecule has 0 aromatic heterocycles. The van der Waals surface area contributed by atoms with Crippen LogP contribution in [0.5, 0.6) is 0 Å². The van der Waals surface area contributed by atoms with Crippen molar-refractivity contribution < 1.29 is 9.72 Å². The van der Waals surface area contributed by atoms with Crippen LogP contribution >= 0.6 is 23.5 Å². The molecule has 2 aliphatic rings. The van der Waals surface area contributed by atoms with E-state index < -0.39 is 9.00 Å². The van der Waals surface area contributed by atoms with E-state index in [0.29, 0.717) is 0 Å². The smallest absolute Gasteiger partial charge is 0.269 e. The van der Waals surface area contributed by atoms with Gasteiger partial charge in [0.25, 0.3) is 5.69 Å². The number of carbonyl (C=O) groups is 1. The first-order valence-electron chi connectivity index (χ1n) is 10.2. The lowest BCUT2D eigenvalue weighted by Gasteiger charge is -2.26. The number of hydrogen-bond acceptors (Lipinski definition) is 5. The van der Waals surface area contributed by atoms with E-state index in [-0.39, 0.29) is 11.5 Å². The minimum Gasteiger partial charge on any atom is -0.290 e. The van der Waals surface area contributed by atoms with Crippen molar-refractivity contribution in [3.63, 3.8) is 0 Å². The Labute approximate surface area is 194 Å². The van der Waals surface area contributed by atoms with Crippen molar-refractivity contribution in [3.8, 4) is 0 Å². The average molecular weight is 458 g/mol. The Kier molecular flexibility index (Phi) is 5.49. The third-order valence-corrected chi connectivity index (χ3v) is 9.11. The van der Waals surface area contributed by atoms with Gasteiger partial charge in [0, 0.05) is 29.2 Å².